The summed E-state index contributed by atoms with van der Waals surface area (Å²) in [5, 5.41) is 11.2. The SMILES string of the molecule is CCOC(=O)Cc1ccc(N2C(=O)C(=O)/C(=C(/O)c3ccc(CC)cc3)C2c2ccccc2)cc1. The summed E-state index contributed by atoms with van der Waals surface area (Å²) in [6.45, 7) is 4.09. The topological polar surface area (TPSA) is 83.9 Å². The first-order chi connectivity index (χ1) is 16.9. The van der Waals surface area contributed by atoms with Crippen LogP contribution in [0.1, 0.15) is 42.1 Å². The summed E-state index contributed by atoms with van der Waals surface area (Å²) in [4.78, 5) is 39.7. The molecule has 1 amide bonds. The van der Waals surface area contributed by atoms with Crippen LogP contribution < -0.4 is 4.90 Å². The van der Waals surface area contributed by atoms with Crippen LogP contribution in [0.25, 0.3) is 5.76 Å². The molecule has 6 nitrogen and oxygen atoms in total. The number of esters is 1. The maximum Gasteiger partial charge on any atom is 0.310 e. The third-order valence-electron chi connectivity index (χ3n) is 6.06. The van der Waals surface area contributed by atoms with E-state index in [9.17, 15) is 19.5 Å². The highest BCUT2D eigenvalue weighted by Crippen LogP contribution is 2.42. The Morgan fingerprint density at radius 1 is 0.886 bits per heavy atom. The summed E-state index contributed by atoms with van der Waals surface area (Å²) < 4.78 is 5.00. The first-order valence-corrected chi connectivity index (χ1v) is 11.6. The standard InChI is InChI=1S/C29H27NO5/c1-3-19-10-14-22(15-11-19)27(32)25-26(21-8-6-5-7-9-21)30(29(34)28(25)33)23-16-12-20(13-17-23)18-24(31)35-4-2/h5-17,26,32H,3-4,18H2,1-2H3/b27-25+. The highest BCUT2D eigenvalue weighted by molar-refractivity contribution is 6.51. The fraction of sp³-hybridized carbons (Fsp3) is 0.207. The van der Waals surface area contributed by atoms with Gasteiger partial charge in [0.1, 0.15) is 5.76 Å². The molecule has 1 aliphatic rings. The molecule has 1 N–H and O–H groups in total. The van der Waals surface area contributed by atoms with Crippen LogP contribution in [0.3, 0.4) is 0 Å². The Kier molecular flexibility index (Phi) is 7.11. The van der Waals surface area contributed by atoms with Gasteiger partial charge in [-0.05, 0) is 42.2 Å². The van der Waals surface area contributed by atoms with Crippen molar-refractivity contribution < 1.29 is 24.2 Å². The molecule has 6 heteroatoms. The van der Waals surface area contributed by atoms with E-state index in [2.05, 4.69) is 0 Å². The minimum absolute atomic E-state index is 0.0426. The van der Waals surface area contributed by atoms with Crippen LogP contribution >= 0.6 is 0 Å². The molecule has 0 saturated carbocycles. The van der Waals surface area contributed by atoms with E-state index in [1.54, 1.807) is 43.3 Å². The Labute approximate surface area is 204 Å². The van der Waals surface area contributed by atoms with Gasteiger partial charge in [-0.25, -0.2) is 0 Å². The molecule has 1 unspecified atom stereocenters. The van der Waals surface area contributed by atoms with E-state index < -0.39 is 17.7 Å². The Morgan fingerprint density at radius 3 is 2.11 bits per heavy atom. The highest BCUT2D eigenvalue weighted by atomic mass is 16.5. The maximum absolute atomic E-state index is 13.2. The largest absolute Gasteiger partial charge is 0.507 e. The molecule has 35 heavy (non-hydrogen) atoms. The molecule has 0 spiro atoms. The molecule has 3 aromatic carbocycles. The van der Waals surface area contributed by atoms with Crippen LogP contribution in [0, 0.1) is 0 Å². The Hall–Kier alpha value is -4.19. The number of Topliss-reactive ketones (excluding diaryl/α,β-unsaturated/α-hetero) is 1. The molecule has 0 aromatic heterocycles. The molecule has 0 bridgehead atoms. The molecule has 1 heterocycles. The number of hydrogen-bond acceptors (Lipinski definition) is 5. The Morgan fingerprint density at radius 2 is 1.51 bits per heavy atom. The first kappa shape index (κ1) is 24.0. The molecule has 1 aliphatic heterocycles. The lowest BCUT2D eigenvalue weighted by molar-refractivity contribution is -0.142. The van der Waals surface area contributed by atoms with E-state index in [4.69, 9.17) is 4.74 Å². The second-order valence-electron chi connectivity index (χ2n) is 8.28. The van der Waals surface area contributed by atoms with Crippen molar-refractivity contribution in [3.05, 3.63) is 107 Å². The van der Waals surface area contributed by atoms with Crippen molar-refractivity contribution in [2.24, 2.45) is 0 Å². The number of nitrogens with zero attached hydrogens (tertiary/aromatic N) is 1. The molecule has 0 radical (unpaired) electrons. The van der Waals surface area contributed by atoms with Gasteiger partial charge in [0.05, 0.1) is 24.6 Å². The summed E-state index contributed by atoms with van der Waals surface area (Å²) in [7, 11) is 0. The van der Waals surface area contributed by atoms with Crippen molar-refractivity contribution in [3.63, 3.8) is 0 Å². The van der Waals surface area contributed by atoms with E-state index in [0.29, 0.717) is 23.4 Å². The predicted octanol–water partition coefficient (Wildman–Crippen LogP) is 4.98. The van der Waals surface area contributed by atoms with Crippen molar-refractivity contribution in [2.75, 3.05) is 11.5 Å². The number of aryl methyl sites for hydroxylation is 1. The lowest BCUT2D eigenvalue weighted by atomic mass is 9.94. The monoisotopic (exact) mass is 469 g/mol. The number of anilines is 1. The van der Waals surface area contributed by atoms with Crippen molar-refractivity contribution >= 4 is 29.1 Å². The Balaban J connectivity index is 1.78. The van der Waals surface area contributed by atoms with Crippen molar-refractivity contribution in [2.45, 2.75) is 32.7 Å². The lowest BCUT2D eigenvalue weighted by Crippen LogP contribution is -2.29. The zero-order valence-corrected chi connectivity index (χ0v) is 19.7. The molecule has 3 aromatic rings. The number of hydrogen-bond donors (Lipinski definition) is 1. The van der Waals surface area contributed by atoms with Gasteiger partial charge >= 0.3 is 5.97 Å². The lowest BCUT2D eigenvalue weighted by Gasteiger charge is -2.25. The fourth-order valence-corrected chi connectivity index (χ4v) is 4.26. The number of aliphatic hydroxyl groups excluding tert-OH is 1. The minimum atomic E-state index is -0.794. The quantitative estimate of drug-likeness (QED) is 0.228. The van der Waals surface area contributed by atoms with Gasteiger partial charge in [0.15, 0.2) is 0 Å². The molecular weight excluding hydrogens is 442 g/mol. The molecule has 1 atom stereocenters. The maximum atomic E-state index is 13.2. The van der Waals surface area contributed by atoms with Gasteiger partial charge < -0.3 is 9.84 Å². The van der Waals surface area contributed by atoms with E-state index >= 15 is 0 Å². The van der Waals surface area contributed by atoms with Gasteiger partial charge in [-0.15, -0.1) is 0 Å². The molecule has 4 rings (SSSR count). The Bertz CT molecular complexity index is 1260. The number of carbonyl (C=O) groups is 3. The summed E-state index contributed by atoms with van der Waals surface area (Å²) >= 11 is 0. The molecular formula is C29H27NO5. The van der Waals surface area contributed by atoms with Crippen molar-refractivity contribution in [1.29, 1.82) is 0 Å². The van der Waals surface area contributed by atoms with Crippen LogP contribution in [0.2, 0.25) is 0 Å². The van der Waals surface area contributed by atoms with Crippen LogP contribution in [-0.2, 0) is 32.0 Å². The smallest absolute Gasteiger partial charge is 0.310 e. The number of carbonyl (C=O) groups excluding carboxylic acids is 3. The highest BCUT2D eigenvalue weighted by Gasteiger charge is 2.46. The number of benzene rings is 3. The van der Waals surface area contributed by atoms with Crippen LogP contribution in [0.5, 0.6) is 0 Å². The third kappa shape index (κ3) is 4.87. The summed E-state index contributed by atoms with van der Waals surface area (Å²) in [6.07, 6.45) is 0.963. The molecule has 178 valence electrons. The van der Waals surface area contributed by atoms with Gasteiger partial charge in [0, 0.05) is 11.3 Å². The van der Waals surface area contributed by atoms with Crippen LogP contribution in [-0.4, -0.2) is 29.4 Å². The van der Waals surface area contributed by atoms with E-state index in [0.717, 1.165) is 17.5 Å². The third-order valence-corrected chi connectivity index (χ3v) is 6.06. The fourth-order valence-electron chi connectivity index (χ4n) is 4.26. The molecule has 1 fully saturated rings. The molecule has 1 saturated heterocycles. The van der Waals surface area contributed by atoms with Crippen LogP contribution in [0.4, 0.5) is 5.69 Å². The van der Waals surface area contributed by atoms with Crippen LogP contribution in [0.15, 0.2) is 84.4 Å². The predicted molar refractivity (Wildman–Crippen MR) is 134 cm³/mol. The number of ether oxygens (including phenoxy) is 1. The average molecular weight is 470 g/mol. The van der Waals surface area contributed by atoms with Gasteiger partial charge in [-0.3, -0.25) is 19.3 Å². The zero-order chi connectivity index (χ0) is 24.9. The zero-order valence-electron chi connectivity index (χ0n) is 19.7. The van der Waals surface area contributed by atoms with Gasteiger partial charge in [-0.1, -0.05) is 73.7 Å². The normalized spacial score (nSPS) is 17.0. The van der Waals surface area contributed by atoms with E-state index in [-0.39, 0.29) is 23.7 Å². The second kappa shape index (κ2) is 10.4. The number of rotatable bonds is 7. The molecule has 0 aliphatic carbocycles. The van der Waals surface area contributed by atoms with E-state index in [1.165, 1.54) is 4.90 Å². The summed E-state index contributed by atoms with van der Waals surface area (Å²) in [5.74, 6) is -2.00. The first-order valence-electron chi connectivity index (χ1n) is 11.6. The number of ketones is 1. The second-order valence-corrected chi connectivity index (χ2v) is 8.28. The van der Waals surface area contributed by atoms with Crippen molar-refractivity contribution in [3.8, 4) is 0 Å². The number of aliphatic hydroxyl groups is 1. The van der Waals surface area contributed by atoms with Gasteiger partial charge in [0.25, 0.3) is 11.7 Å². The van der Waals surface area contributed by atoms with Gasteiger partial charge in [-0.2, -0.15) is 0 Å². The average Bonchev–Trinajstić information content (AvgIpc) is 3.15. The summed E-state index contributed by atoms with van der Waals surface area (Å²) in [6, 6.07) is 22.5. The van der Waals surface area contributed by atoms with E-state index in [1.807, 2.05) is 49.4 Å². The van der Waals surface area contributed by atoms with Crippen molar-refractivity contribution in [1.82, 2.24) is 0 Å². The minimum Gasteiger partial charge on any atom is -0.507 e. The summed E-state index contributed by atoms with van der Waals surface area (Å²) in [5.41, 5.74) is 3.55. The van der Waals surface area contributed by atoms with Gasteiger partial charge in [0.2, 0.25) is 0 Å². The number of amides is 1.